The summed E-state index contributed by atoms with van der Waals surface area (Å²) in [7, 11) is 0. The number of rotatable bonds is 3. The Morgan fingerprint density at radius 3 is 2.74 bits per heavy atom. The van der Waals surface area contributed by atoms with Crippen LogP contribution in [0.1, 0.15) is 11.6 Å². The standard InChI is InChI=1S/C17H11Cl2N7S/c1-9-20-11-4-2-3-5-12(11)25(9)8-14-22-23-17-26(14)24-16(27-17)10-6-7-13(18)21-15(10)19/h2-7H,8H2,1H3. The highest BCUT2D eigenvalue weighted by molar-refractivity contribution is 7.19. The molecule has 0 aliphatic rings. The van der Waals surface area contributed by atoms with E-state index in [1.165, 1.54) is 11.3 Å². The smallest absolute Gasteiger partial charge is 0.235 e. The lowest BCUT2D eigenvalue weighted by atomic mass is 10.3. The van der Waals surface area contributed by atoms with Crippen LogP contribution >= 0.6 is 34.5 Å². The molecule has 7 nitrogen and oxygen atoms in total. The summed E-state index contributed by atoms with van der Waals surface area (Å²) in [5.41, 5.74) is 2.72. The molecule has 0 aliphatic carbocycles. The molecular formula is C17H11Cl2N7S. The lowest BCUT2D eigenvalue weighted by molar-refractivity contribution is 0.707. The van der Waals surface area contributed by atoms with Gasteiger partial charge in [0.15, 0.2) is 10.8 Å². The van der Waals surface area contributed by atoms with Crippen LogP contribution in [0.3, 0.4) is 0 Å². The highest BCUT2D eigenvalue weighted by Gasteiger charge is 2.17. The van der Waals surface area contributed by atoms with Crippen molar-refractivity contribution in [2.45, 2.75) is 13.5 Å². The number of nitrogens with zero attached hydrogens (tertiary/aromatic N) is 7. The third-order valence-corrected chi connectivity index (χ3v) is 5.68. The molecule has 27 heavy (non-hydrogen) atoms. The second-order valence-electron chi connectivity index (χ2n) is 5.92. The number of hydrogen-bond donors (Lipinski definition) is 0. The molecule has 134 valence electrons. The maximum atomic E-state index is 6.21. The van der Waals surface area contributed by atoms with E-state index in [-0.39, 0.29) is 0 Å². The number of imidazole rings is 1. The van der Waals surface area contributed by atoms with Gasteiger partial charge in [-0.25, -0.2) is 9.97 Å². The molecule has 4 heterocycles. The Bertz CT molecular complexity index is 1300. The van der Waals surface area contributed by atoms with Crippen molar-refractivity contribution in [3.63, 3.8) is 0 Å². The van der Waals surface area contributed by atoms with Gasteiger partial charge >= 0.3 is 0 Å². The Kier molecular flexibility index (Phi) is 3.85. The quantitative estimate of drug-likeness (QED) is 0.411. The van der Waals surface area contributed by atoms with Crippen molar-refractivity contribution in [2.24, 2.45) is 0 Å². The first-order chi connectivity index (χ1) is 13.1. The fourth-order valence-electron chi connectivity index (χ4n) is 2.97. The van der Waals surface area contributed by atoms with Gasteiger partial charge in [-0.3, -0.25) is 0 Å². The molecule has 0 bridgehead atoms. The summed E-state index contributed by atoms with van der Waals surface area (Å²) in [4.78, 5) is 9.36. The van der Waals surface area contributed by atoms with Crippen LogP contribution in [0, 0.1) is 6.92 Å². The lowest BCUT2D eigenvalue weighted by Gasteiger charge is -2.04. The molecule has 0 aliphatic heterocycles. The van der Waals surface area contributed by atoms with E-state index < -0.39 is 0 Å². The maximum absolute atomic E-state index is 6.21. The van der Waals surface area contributed by atoms with Gasteiger partial charge < -0.3 is 4.57 Å². The predicted octanol–water partition coefficient (Wildman–Crippen LogP) is 4.26. The van der Waals surface area contributed by atoms with Crippen LogP contribution in [0.25, 0.3) is 26.6 Å². The summed E-state index contributed by atoms with van der Waals surface area (Å²) in [5.74, 6) is 1.63. The summed E-state index contributed by atoms with van der Waals surface area (Å²) in [6.07, 6.45) is 0. The molecule has 0 radical (unpaired) electrons. The van der Waals surface area contributed by atoms with Crippen LogP contribution in [-0.4, -0.2) is 34.3 Å². The first-order valence-corrected chi connectivity index (χ1v) is 9.63. The number of aryl methyl sites for hydroxylation is 1. The molecule has 0 saturated heterocycles. The van der Waals surface area contributed by atoms with E-state index in [9.17, 15) is 0 Å². The zero-order valence-corrected chi connectivity index (χ0v) is 16.3. The van der Waals surface area contributed by atoms with Crippen molar-refractivity contribution in [1.82, 2.24) is 34.3 Å². The van der Waals surface area contributed by atoms with Crippen molar-refractivity contribution < 1.29 is 0 Å². The number of benzene rings is 1. The van der Waals surface area contributed by atoms with E-state index in [0.29, 0.717) is 32.4 Å². The molecule has 10 heteroatoms. The predicted molar refractivity (Wildman–Crippen MR) is 105 cm³/mol. The van der Waals surface area contributed by atoms with Crippen LogP contribution in [0.5, 0.6) is 0 Å². The van der Waals surface area contributed by atoms with Gasteiger partial charge in [0, 0.05) is 5.56 Å². The van der Waals surface area contributed by atoms with Gasteiger partial charge in [-0.05, 0) is 31.2 Å². The molecule has 4 aromatic heterocycles. The number of aromatic nitrogens is 7. The molecule has 0 N–H and O–H groups in total. The molecule has 0 unspecified atom stereocenters. The van der Waals surface area contributed by atoms with Gasteiger partial charge in [0.25, 0.3) is 0 Å². The van der Waals surface area contributed by atoms with Crippen LogP contribution in [0.15, 0.2) is 36.4 Å². The van der Waals surface area contributed by atoms with Gasteiger partial charge in [0.2, 0.25) is 4.96 Å². The Labute approximate surface area is 167 Å². The fourth-order valence-corrected chi connectivity index (χ4v) is 4.35. The lowest BCUT2D eigenvalue weighted by Crippen LogP contribution is -2.06. The minimum Gasteiger partial charge on any atom is -0.320 e. The number of fused-ring (bicyclic) bond motifs is 2. The van der Waals surface area contributed by atoms with Gasteiger partial charge in [-0.2, -0.15) is 9.61 Å². The first kappa shape index (κ1) is 16.6. The third-order valence-electron chi connectivity index (χ3n) is 4.25. The first-order valence-electron chi connectivity index (χ1n) is 8.05. The van der Waals surface area contributed by atoms with Gasteiger partial charge in [-0.1, -0.05) is 46.7 Å². The van der Waals surface area contributed by atoms with Crippen LogP contribution in [0.4, 0.5) is 0 Å². The second-order valence-corrected chi connectivity index (χ2v) is 7.63. The average molecular weight is 416 g/mol. The summed E-state index contributed by atoms with van der Waals surface area (Å²) >= 11 is 13.5. The Morgan fingerprint density at radius 1 is 1.04 bits per heavy atom. The molecule has 0 saturated carbocycles. The maximum Gasteiger partial charge on any atom is 0.235 e. The molecule has 5 rings (SSSR count). The summed E-state index contributed by atoms with van der Waals surface area (Å²) in [5, 5.41) is 14.5. The minimum absolute atomic E-state index is 0.311. The monoisotopic (exact) mass is 415 g/mol. The number of para-hydroxylation sites is 2. The third kappa shape index (κ3) is 2.77. The van der Waals surface area contributed by atoms with Gasteiger partial charge in [0.05, 0.1) is 17.6 Å². The van der Waals surface area contributed by atoms with E-state index in [0.717, 1.165) is 22.7 Å². The fraction of sp³-hybridized carbons (Fsp3) is 0.118. The van der Waals surface area contributed by atoms with Crippen molar-refractivity contribution in [3.8, 4) is 10.6 Å². The van der Waals surface area contributed by atoms with E-state index >= 15 is 0 Å². The normalized spacial score (nSPS) is 11.7. The minimum atomic E-state index is 0.311. The summed E-state index contributed by atoms with van der Waals surface area (Å²) in [6, 6.07) is 11.5. The zero-order chi connectivity index (χ0) is 18.5. The average Bonchev–Trinajstić information content (AvgIpc) is 3.30. The van der Waals surface area contributed by atoms with Gasteiger partial charge in [-0.15, -0.1) is 10.2 Å². The molecule has 5 aromatic rings. The van der Waals surface area contributed by atoms with Crippen LogP contribution < -0.4 is 0 Å². The molecule has 0 spiro atoms. The van der Waals surface area contributed by atoms with Crippen molar-refractivity contribution in [2.75, 3.05) is 0 Å². The zero-order valence-electron chi connectivity index (χ0n) is 14.0. The molecular weight excluding hydrogens is 405 g/mol. The highest BCUT2D eigenvalue weighted by Crippen LogP contribution is 2.31. The second kappa shape index (κ2) is 6.26. The molecule has 0 fully saturated rings. The van der Waals surface area contributed by atoms with Crippen molar-refractivity contribution in [1.29, 1.82) is 0 Å². The van der Waals surface area contributed by atoms with E-state index in [1.807, 2.05) is 31.2 Å². The molecule has 0 amide bonds. The van der Waals surface area contributed by atoms with Crippen molar-refractivity contribution in [3.05, 3.63) is 58.4 Å². The number of hydrogen-bond acceptors (Lipinski definition) is 6. The van der Waals surface area contributed by atoms with Crippen molar-refractivity contribution >= 4 is 50.5 Å². The summed E-state index contributed by atoms with van der Waals surface area (Å²) in [6.45, 7) is 2.49. The molecule has 0 atom stereocenters. The largest absolute Gasteiger partial charge is 0.320 e. The molecule has 1 aromatic carbocycles. The van der Waals surface area contributed by atoms with E-state index in [1.54, 1.807) is 16.6 Å². The van der Waals surface area contributed by atoms with E-state index in [2.05, 4.69) is 29.8 Å². The Morgan fingerprint density at radius 2 is 1.89 bits per heavy atom. The van der Waals surface area contributed by atoms with E-state index in [4.69, 9.17) is 23.2 Å². The van der Waals surface area contributed by atoms with Crippen LogP contribution in [-0.2, 0) is 6.54 Å². The highest BCUT2D eigenvalue weighted by atomic mass is 35.5. The number of halogens is 2. The SMILES string of the molecule is Cc1nc2ccccc2n1Cc1nnc2sc(-c3ccc(Cl)nc3Cl)nn12. The van der Waals surface area contributed by atoms with Crippen LogP contribution in [0.2, 0.25) is 10.3 Å². The number of pyridine rings is 1. The topological polar surface area (TPSA) is 73.8 Å². The Balaban J connectivity index is 1.58. The Hall–Kier alpha value is -2.55. The summed E-state index contributed by atoms with van der Waals surface area (Å²) < 4.78 is 3.83. The van der Waals surface area contributed by atoms with Gasteiger partial charge in [0.1, 0.15) is 16.1 Å².